The minimum absolute atomic E-state index is 0.460. The van der Waals surface area contributed by atoms with Gasteiger partial charge in [0.05, 0.1) is 6.10 Å². The van der Waals surface area contributed by atoms with Crippen molar-refractivity contribution in [2.75, 3.05) is 13.7 Å². The lowest BCUT2D eigenvalue weighted by atomic mass is 9.85. The molecule has 2 saturated carbocycles. The van der Waals surface area contributed by atoms with E-state index in [1.165, 1.54) is 57.8 Å². The molecule has 2 rings (SSSR count). The Morgan fingerprint density at radius 2 is 1.72 bits per heavy atom. The first kappa shape index (κ1) is 14.3. The van der Waals surface area contributed by atoms with E-state index in [0.29, 0.717) is 12.1 Å². The molecule has 0 saturated heterocycles. The van der Waals surface area contributed by atoms with E-state index in [4.69, 9.17) is 4.74 Å². The van der Waals surface area contributed by atoms with E-state index in [9.17, 15) is 0 Å². The van der Waals surface area contributed by atoms with Crippen LogP contribution < -0.4 is 5.32 Å². The average Bonchev–Trinajstić information content (AvgIpc) is 2.65. The molecular formula is C16H31NO. The molecule has 2 nitrogen and oxygen atoms in total. The number of hydrogen-bond donors (Lipinski definition) is 1. The lowest BCUT2D eigenvalue weighted by Gasteiger charge is -2.35. The molecule has 2 fully saturated rings. The van der Waals surface area contributed by atoms with Gasteiger partial charge < -0.3 is 10.1 Å². The highest BCUT2D eigenvalue weighted by Crippen LogP contribution is 2.28. The highest BCUT2D eigenvalue weighted by molar-refractivity contribution is 4.83. The maximum Gasteiger partial charge on any atom is 0.0730 e. The summed E-state index contributed by atoms with van der Waals surface area (Å²) in [6.07, 6.45) is 12.9. The Hall–Kier alpha value is -0.0800. The van der Waals surface area contributed by atoms with E-state index in [-0.39, 0.29) is 0 Å². The van der Waals surface area contributed by atoms with E-state index >= 15 is 0 Å². The van der Waals surface area contributed by atoms with Gasteiger partial charge in [0.25, 0.3) is 0 Å². The van der Waals surface area contributed by atoms with Gasteiger partial charge in [0, 0.05) is 12.6 Å². The maximum atomic E-state index is 6.29. The fraction of sp³-hybridized carbons (Fsp3) is 1.00. The van der Waals surface area contributed by atoms with E-state index in [2.05, 4.69) is 19.3 Å². The lowest BCUT2D eigenvalue weighted by Crippen LogP contribution is -2.44. The van der Waals surface area contributed by atoms with Crippen LogP contribution in [0.1, 0.15) is 64.7 Å². The van der Waals surface area contributed by atoms with Gasteiger partial charge in [-0.2, -0.15) is 0 Å². The second-order valence-electron chi connectivity index (χ2n) is 6.54. The summed E-state index contributed by atoms with van der Waals surface area (Å²) < 4.78 is 6.29. The number of likely N-dealkylation sites (N-methyl/N-ethyl adjacent to an activating group) is 1. The highest BCUT2D eigenvalue weighted by atomic mass is 16.5. The smallest absolute Gasteiger partial charge is 0.0730 e. The number of rotatable bonds is 4. The standard InChI is InChI=1S/C16H31NO/c1-13-9-10-15(17-2)16(11-13)18-12-14-7-5-3-4-6-8-14/h13-17H,3-12H2,1-2H3. The Kier molecular flexibility index (Phi) is 5.97. The molecule has 0 amide bonds. The van der Waals surface area contributed by atoms with E-state index in [1.54, 1.807) is 0 Å². The van der Waals surface area contributed by atoms with Crippen molar-refractivity contribution in [3.8, 4) is 0 Å². The van der Waals surface area contributed by atoms with E-state index in [0.717, 1.165) is 18.4 Å². The average molecular weight is 253 g/mol. The molecule has 2 heteroatoms. The van der Waals surface area contributed by atoms with E-state index in [1.807, 2.05) is 0 Å². The summed E-state index contributed by atoms with van der Waals surface area (Å²) in [6.45, 7) is 3.38. The third-order valence-electron chi connectivity index (χ3n) is 4.95. The SMILES string of the molecule is CNC1CCC(C)CC1OCC1CCCCCC1. The zero-order chi connectivity index (χ0) is 12.8. The fourth-order valence-corrected chi connectivity index (χ4v) is 3.63. The topological polar surface area (TPSA) is 21.3 Å². The molecule has 2 aliphatic rings. The van der Waals surface area contributed by atoms with Gasteiger partial charge in [0.1, 0.15) is 0 Å². The van der Waals surface area contributed by atoms with Crippen LogP contribution in [0.15, 0.2) is 0 Å². The predicted molar refractivity (Wildman–Crippen MR) is 76.8 cm³/mol. The van der Waals surface area contributed by atoms with Gasteiger partial charge in [-0.1, -0.05) is 32.6 Å². The summed E-state index contributed by atoms with van der Waals surface area (Å²) in [4.78, 5) is 0. The van der Waals surface area contributed by atoms with Gasteiger partial charge in [0.2, 0.25) is 0 Å². The Morgan fingerprint density at radius 1 is 1.00 bits per heavy atom. The number of hydrogen-bond acceptors (Lipinski definition) is 2. The molecule has 18 heavy (non-hydrogen) atoms. The molecule has 3 atom stereocenters. The van der Waals surface area contributed by atoms with Crippen molar-refractivity contribution in [2.45, 2.75) is 76.9 Å². The molecule has 1 N–H and O–H groups in total. The molecule has 0 aromatic rings. The van der Waals surface area contributed by atoms with Crippen molar-refractivity contribution in [2.24, 2.45) is 11.8 Å². The fourth-order valence-electron chi connectivity index (χ4n) is 3.63. The summed E-state index contributed by atoms with van der Waals surface area (Å²) in [5, 5.41) is 3.45. The zero-order valence-corrected chi connectivity index (χ0v) is 12.3. The van der Waals surface area contributed by atoms with Crippen LogP contribution in [-0.2, 0) is 4.74 Å². The van der Waals surface area contributed by atoms with Crippen LogP contribution in [0.4, 0.5) is 0 Å². The Labute approximate surface area is 113 Å². The van der Waals surface area contributed by atoms with Gasteiger partial charge in [-0.05, 0) is 51.0 Å². The zero-order valence-electron chi connectivity index (χ0n) is 12.3. The van der Waals surface area contributed by atoms with Crippen LogP contribution in [0.3, 0.4) is 0 Å². The van der Waals surface area contributed by atoms with Gasteiger partial charge in [-0.15, -0.1) is 0 Å². The van der Waals surface area contributed by atoms with Crippen LogP contribution >= 0.6 is 0 Å². The molecule has 0 spiro atoms. The number of ether oxygens (including phenoxy) is 1. The van der Waals surface area contributed by atoms with Crippen LogP contribution in [0.25, 0.3) is 0 Å². The number of nitrogens with one attached hydrogen (secondary N) is 1. The predicted octanol–water partition coefficient (Wildman–Crippen LogP) is 3.75. The molecule has 0 aromatic heterocycles. The molecule has 0 aromatic carbocycles. The maximum absolute atomic E-state index is 6.29. The minimum Gasteiger partial charge on any atom is -0.376 e. The third-order valence-corrected chi connectivity index (χ3v) is 4.95. The summed E-state index contributed by atoms with van der Waals surface area (Å²) in [7, 11) is 2.09. The van der Waals surface area contributed by atoms with Crippen LogP contribution in [-0.4, -0.2) is 25.8 Å². The Bertz CT molecular complexity index is 223. The Morgan fingerprint density at radius 3 is 2.39 bits per heavy atom. The van der Waals surface area contributed by atoms with Crippen molar-refractivity contribution in [1.29, 1.82) is 0 Å². The monoisotopic (exact) mass is 253 g/mol. The van der Waals surface area contributed by atoms with Gasteiger partial charge in [-0.3, -0.25) is 0 Å². The second-order valence-corrected chi connectivity index (χ2v) is 6.54. The van der Waals surface area contributed by atoms with Gasteiger partial charge in [0.15, 0.2) is 0 Å². The molecule has 0 aliphatic heterocycles. The first-order chi connectivity index (χ1) is 8.79. The molecule has 106 valence electrons. The highest BCUT2D eigenvalue weighted by Gasteiger charge is 2.28. The van der Waals surface area contributed by atoms with Crippen molar-refractivity contribution in [3.63, 3.8) is 0 Å². The first-order valence-electron chi connectivity index (χ1n) is 8.08. The third kappa shape index (κ3) is 4.24. The van der Waals surface area contributed by atoms with Crippen LogP contribution in [0.2, 0.25) is 0 Å². The van der Waals surface area contributed by atoms with Crippen molar-refractivity contribution < 1.29 is 4.74 Å². The van der Waals surface area contributed by atoms with Crippen molar-refractivity contribution in [3.05, 3.63) is 0 Å². The summed E-state index contributed by atoms with van der Waals surface area (Å²) in [6, 6.07) is 0.590. The van der Waals surface area contributed by atoms with Crippen molar-refractivity contribution in [1.82, 2.24) is 5.32 Å². The van der Waals surface area contributed by atoms with Crippen LogP contribution in [0.5, 0.6) is 0 Å². The molecule has 3 unspecified atom stereocenters. The normalized spacial score (nSPS) is 35.3. The molecule has 0 radical (unpaired) electrons. The minimum atomic E-state index is 0.460. The lowest BCUT2D eigenvalue weighted by molar-refractivity contribution is -0.0238. The molecular weight excluding hydrogens is 222 g/mol. The summed E-state index contributed by atoms with van der Waals surface area (Å²) >= 11 is 0. The summed E-state index contributed by atoms with van der Waals surface area (Å²) in [5.41, 5.74) is 0. The molecule has 2 aliphatic carbocycles. The summed E-state index contributed by atoms with van der Waals surface area (Å²) in [5.74, 6) is 1.68. The first-order valence-corrected chi connectivity index (χ1v) is 8.08. The van der Waals surface area contributed by atoms with Gasteiger partial charge in [-0.25, -0.2) is 0 Å². The second kappa shape index (κ2) is 7.49. The van der Waals surface area contributed by atoms with Gasteiger partial charge >= 0.3 is 0 Å². The van der Waals surface area contributed by atoms with Crippen LogP contribution in [0, 0.1) is 11.8 Å². The Balaban J connectivity index is 1.75. The van der Waals surface area contributed by atoms with Crippen molar-refractivity contribution >= 4 is 0 Å². The molecule has 0 bridgehead atoms. The molecule has 0 heterocycles. The largest absolute Gasteiger partial charge is 0.376 e. The van der Waals surface area contributed by atoms with E-state index < -0.39 is 0 Å². The quantitative estimate of drug-likeness (QED) is 0.770.